The Hall–Kier alpha value is -0.0800. The van der Waals surface area contributed by atoms with Crippen LogP contribution in [0.2, 0.25) is 0 Å². The Bertz CT molecular complexity index is 115. The molecule has 0 aromatic heterocycles. The third-order valence-electron chi connectivity index (χ3n) is 2.59. The second kappa shape index (κ2) is 9.47. The first kappa shape index (κ1) is 13.9. The van der Waals surface area contributed by atoms with Crippen LogP contribution in [0.1, 0.15) is 45.4 Å². The quantitative estimate of drug-likeness (QED) is 0.532. The van der Waals surface area contributed by atoms with Crippen molar-refractivity contribution in [1.82, 2.24) is 4.90 Å². The van der Waals surface area contributed by atoms with Crippen LogP contribution in [-0.4, -0.2) is 38.8 Å². The predicted molar refractivity (Wildman–Crippen MR) is 62.7 cm³/mol. The van der Waals surface area contributed by atoms with Crippen molar-refractivity contribution in [3.8, 4) is 0 Å². The highest BCUT2D eigenvalue weighted by atomic mass is 16.5. The van der Waals surface area contributed by atoms with Crippen molar-refractivity contribution in [2.75, 3.05) is 27.7 Å². The number of hydrogen-bond donors (Lipinski definition) is 0. The molecule has 0 amide bonds. The number of hydrogen-bond acceptors (Lipinski definition) is 2. The summed E-state index contributed by atoms with van der Waals surface area (Å²) >= 11 is 0. The van der Waals surface area contributed by atoms with Crippen LogP contribution in [0.15, 0.2) is 0 Å². The molecular weight excluding hydrogens is 174 g/mol. The van der Waals surface area contributed by atoms with Gasteiger partial charge in [-0.2, -0.15) is 0 Å². The Morgan fingerprint density at radius 2 is 1.71 bits per heavy atom. The molecule has 0 aliphatic rings. The van der Waals surface area contributed by atoms with Gasteiger partial charge in [-0.05, 0) is 46.3 Å². The Kier molecular flexibility index (Phi) is 9.42. The van der Waals surface area contributed by atoms with Gasteiger partial charge in [0.1, 0.15) is 0 Å². The molecule has 0 radical (unpaired) electrons. The van der Waals surface area contributed by atoms with Crippen LogP contribution < -0.4 is 0 Å². The van der Waals surface area contributed by atoms with E-state index in [-0.39, 0.29) is 0 Å². The summed E-state index contributed by atoms with van der Waals surface area (Å²) in [6.07, 6.45) is 8.11. The average Bonchev–Trinajstić information content (AvgIpc) is 2.16. The van der Waals surface area contributed by atoms with Gasteiger partial charge in [0.15, 0.2) is 0 Å². The number of unbranched alkanes of at least 4 members (excludes halogenated alkanes) is 2. The first-order valence-corrected chi connectivity index (χ1v) is 5.88. The summed E-state index contributed by atoms with van der Waals surface area (Å²) in [5.41, 5.74) is 0. The maximum absolute atomic E-state index is 5.45. The van der Waals surface area contributed by atoms with Gasteiger partial charge < -0.3 is 9.64 Å². The molecule has 0 aliphatic carbocycles. The summed E-state index contributed by atoms with van der Waals surface area (Å²) in [5, 5.41) is 0. The summed E-state index contributed by atoms with van der Waals surface area (Å²) in [7, 11) is 6.10. The molecule has 0 fully saturated rings. The van der Waals surface area contributed by atoms with Gasteiger partial charge in [-0.3, -0.25) is 0 Å². The van der Waals surface area contributed by atoms with Gasteiger partial charge in [-0.1, -0.05) is 19.8 Å². The SMILES string of the molecule is CCCC[C@@H](CCCCN(C)C)OC. The highest BCUT2D eigenvalue weighted by Gasteiger charge is 2.05. The number of methoxy groups -OCH3 is 1. The minimum atomic E-state index is 0.497. The molecule has 0 N–H and O–H groups in total. The molecule has 0 saturated heterocycles. The molecule has 1 atom stereocenters. The van der Waals surface area contributed by atoms with Gasteiger partial charge in [-0.25, -0.2) is 0 Å². The van der Waals surface area contributed by atoms with Crippen molar-refractivity contribution in [2.45, 2.75) is 51.6 Å². The lowest BCUT2D eigenvalue weighted by atomic mass is 10.1. The molecule has 0 unspecified atom stereocenters. The standard InChI is InChI=1S/C12H27NO/c1-5-6-9-12(14-4)10-7-8-11-13(2)3/h12H,5-11H2,1-4H3/t12-/m0/s1. The summed E-state index contributed by atoms with van der Waals surface area (Å²) < 4.78 is 5.45. The van der Waals surface area contributed by atoms with Crippen LogP contribution in [0.5, 0.6) is 0 Å². The third kappa shape index (κ3) is 8.52. The van der Waals surface area contributed by atoms with Crippen LogP contribution in [0, 0.1) is 0 Å². The van der Waals surface area contributed by atoms with E-state index < -0.39 is 0 Å². The molecule has 86 valence electrons. The highest BCUT2D eigenvalue weighted by Crippen LogP contribution is 2.11. The topological polar surface area (TPSA) is 12.5 Å². The molecule has 0 aromatic rings. The third-order valence-corrected chi connectivity index (χ3v) is 2.59. The van der Waals surface area contributed by atoms with Gasteiger partial charge >= 0.3 is 0 Å². The van der Waals surface area contributed by atoms with E-state index in [0.29, 0.717) is 6.10 Å². The summed E-state index contributed by atoms with van der Waals surface area (Å²) in [5.74, 6) is 0. The Morgan fingerprint density at radius 1 is 1.07 bits per heavy atom. The highest BCUT2D eigenvalue weighted by molar-refractivity contribution is 4.58. The van der Waals surface area contributed by atoms with Crippen LogP contribution >= 0.6 is 0 Å². The van der Waals surface area contributed by atoms with Gasteiger partial charge in [0.2, 0.25) is 0 Å². The fraction of sp³-hybridized carbons (Fsp3) is 1.00. The van der Waals surface area contributed by atoms with Crippen LogP contribution in [-0.2, 0) is 4.74 Å². The lowest BCUT2D eigenvalue weighted by molar-refractivity contribution is 0.0833. The van der Waals surface area contributed by atoms with E-state index >= 15 is 0 Å². The van der Waals surface area contributed by atoms with Gasteiger partial charge in [0, 0.05) is 7.11 Å². The monoisotopic (exact) mass is 201 g/mol. The molecule has 0 aromatic carbocycles. The molecule has 0 heterocycles. The van der Waals surface area contributed by atoms with Crippen LogP contribution in [0.25, 0.3) is 0 Å². The average molecular weight is 201 g/mol. The van der Waals surface area contributed by atoms with E-state index in [1.165, 1.54) is 45.1 Å². The van der Waals surface area contributed by atoms with E-state index in [1.54, 1.807) is 0 Å². The lowest BCUT2D eigenvalue weighted by Crippen LogP contribution is -2.15. The van der Waals surface area contributed by atoms with Gasteiger partial charge in [0.05, 0.1) is 6.10 Å². The normalized spacial score (nSPS) is 13.5. The Morgan fingerprint density at radius 3 is 2.21 bits per heavy atom. The fourth-order valence-corrected chi connectivity index (χ4v) is 1.61. The van der Waals surface area contributed by atoms with E-state index in [1.807, 2.05) is 7.11 Å². The zero-order valence-corrected chi connectivity index (χ0v) is 10.4. The van der Waals surface area contributed by atoms with Gasteiger partial charge in [-0.15, -0.1) is 0 Å². The zero-order chi connectivity index (χ0) is 10.8. The maximum Gasteiger partial charge on any atom is 0.0571 e. The van der Waals surface area contributed by atoms with E-state index in [2.05, 4.69) is 25.9 Å². The maximum atomic E-state index is 5.45. The predicted octanol–water partition coefficient (Wildman–Crippen LogP) is 2.92. The smallest absolute Gasteiger partial charge is 0.0571 e. The fourth-order valence-electron chi connectivity index (χ4n) is 1.61. The van der Waals surface area contributed by atoms with Crippen molar-refractivity contribution in [1.29, 1.82) is 0 Å². The molecule has 0 rings (SSSR count). The van der Waals surface area contributed by atoms with Crippen LogP contribution in [0.3, 0.4) is 0 Å². The molecule has 0 aliphatic heterocycles. The molecule has 14 heavy (non-hydrogen) atoms. The summed E-state index contributed by atoms with van der Waals surface area (Å²) in [6.45, 7) is 3.43. The molecule has 2 heteroatoms. The Labute approximate surface area is 89.6 Å². The van der Waals surface area contributed by atoms with E-state index in [9.17, 15) is 0 Å². The van der Waals surface area contributed by atoms with Gasteiger partial charge in [0.25, 0.3) is 0 Å². The van der Waals surface area contributed by atoms with E-state index in [0.717, 1.165) is 0 Å². The molecule has 0 bridgehead atoms. The van der Waals surface area contributed by atoms with Crippen molar-refractivity contribution in [3.63, 3.8) is 0 Å². The second-order valence-electron chi connectivity index (χ2n) is 4.30. The van der Waals surface area contributed by atoms with Crippen LogP contribution in [0.4, 0.5) is 0 Å². The summed E-state index contributed by atoms with van der Waals surface area (Å²) in [6, 6.07) is 0. The summed E-state index contributed by atoms with van der Waals surface area (Å²) in [4.78, 5) is 2.24. The lowest BCUT2D eigenvalue weighted by Gasteiger charge is -2.15. The largest absolute Gasteiger partial charge is 0.381 e. The molecular formula is C12H27NO. The van der Waals surface area contributed by atoms with Crippen molar-refractivity contribution < 1.29 is 4.74 Å². The Balaban J connectivity index is 3.33. The first-order chi connectivity index (χ1) is 6.70. The number of ether oxygens (including phenoxy) is 1. The van der Waals surface area contributed by atoms with Crippen molar-refractivity contribution >= 4 is 0 Å². The molecule has 0 spiro atoms. The number of rotatable bonds is 9. The minimum Gasteiger partial charge on any atom is -0.381 e. The zero-order valence-electron chi connectivity index (χ0n) is 10.4. The second-order valence-corrected chi connectivity index (χ2v) is 4.30. The van der Waals surface area contributed by atoms with E-state index in [4.69, 9.17) is 4.74 Å². The number of nitrogens with zero attached hydrogens (tertiary/aromatic N) is 1. The van der Waals surface area contributed by atoms with Crippen molar-refractivity contribution in [2.24, 2.45) is 0 Å². The first-order valence-electron chi connectivity index (χ1n) is 5.88. The molecule has 2 nitrogen and oxygen atoms in total. The minimum absolute atomic E-state index is 0.497. The molecule has 0 saturated carbocycles. The van der Waals surface area contributed by atoms with Crippen molar-refractivity contribution in [3.05, 3.63) is 0 Å².